The van der Waals surface area contributed by atoms with Crippen LogP contribution < -0.4 is 10.9 Å². The molecule has 0 saturated carbocycles. The lowest BCUT2D eigenvalue weighted by atomic mass is 9.81. The van der Waals surface area contributed by atoms with E-state index >= 15 is 0 Å². The number of hydrogen-bond donors (Lipinski definition) is 2. The number of ether oxygens (including phenoxy) is 4. The van der Waals surface area contributed by atoms with Gasteiger partial charge in [0.2, 0.25) is 6.29 Å². The Bertz CT molecular complexity index is 2030. The summed E-state index contributed by atoms with van der Waals surface area (Å²) in [6, 6.07) is 23.2. The van der Waals surface area contributed by atoms with Crippen molar-refractivity contribution in [3.8, 4) is 16.3 Å². The number of aromatic nitrogens is 3. The topological polar surface area (TPSA) is 126 Å². The molecule has 6 rings (SSSR count). The molecule has 1 amide bonds. The highest BCUT2D eigenvalue weighted by molar-refractivity contribution is 7.21. The van der Waals surface area contributed by atoms with Crippen LogP contribution in [0, 0.1) is 19.8 Å². The monoisotopic (exact) mass is 712 g/mol. The molecule has 1 aliphatic heterocycles. The lowest BCUT2D eigenvalue weighted by Gasteiger charge is -2.36. The largest absolute Gasteiger partial charge is 0.459 e. The summed E-state index contributed by atoms with van der Waals surface area (Å²) in [5, 5.41) is 12.8. The molecular weight excluding hydrogens is 669 g/mol. The van der Waals surface area contributed by atoms with E-state index in [9.17, 15) is 9.59 Å². The number of fused-ring (bicyclic) bond motifs is 1. The highest BCUT2D eigenvalue weighted by Gasteiger charge is 2.41. The predicted molar refractivity (Wildman–Crippen MR) is 198 cm³/mol. The van der Waals surface area contributed by atoms with Crippen molar-refractivity contribution in [2.75, 3.05) is 45.0 Å². The van der Waals surface area contributed by atoms with Gasteiger partial charge in [-0.15, -0.1) is 11.3 Å². The average Bonchev–Trinajstić information content (AvgIpc) is 3.65. The average molecular weight is 713 g/mol. The van der Waals surface area contributed by atoms with E-state index in [0.29, 0.717) is 44.1 Å². The van der Waals surface area contributed by atoms with Gasteiger partial charge in [0, 0.05) is 54.6 Å². The smallest absolute Gasteiger partial charge is 0.290 e. The third-order valence-corrected chi connectivity index (χ3v) is 10.1. The Morgan fingerprint density at radius 1 is 1.00 bits per heavy atom. The molecule has 2 N–H and O–H groups in total. The predicted octanol–water partition coefficient (Wildman–Crippen LogP) is 6.10. The van der Waals surface area contributed by atoms with E-state index in [4.69, 9.17) is 29.0 Å². The molecule has 0 bridgehead atoms. The molecule has 11 nitrogen and oxygen atoms in total. The van der Waals surface area contributed by atoms with Crippen molar-refractivity contribution in [3.05, 3.63) is 112 Å². The summed E-state index contributed by atoms with van der Waals surface area (Å²) < 4.78 is 28.2. The van der Waals surface area contributed by atoms with Crippen molar-refractivity contribution in [2.24, 2.45) is 13.0 Å². The van der Waals surface area contributed by atoms with Gasteiger partial charge in [-0.05, 0) is 87.4 Å². The number of nitrogens with zero attached hydrogens (tertiary/aromatic N) is 3. The highest BCUT2D eigenvalue weighted by Crippen LogP contribution is 2.39. The van der Waals surface area contributed by atoms with E-state index in [1.165, 1.54) is 5.56 Å². The first kappa shape index (κ1) is 36.2. The Morgan fingerprint density at radius 2 is 1.75 bits per heavy atom. The summed E-state index contributed by atoms with van der Waals surface area (Å²) in [4.78, 5) is 32.9. The number of carbonyl (C=O) groups excluding carboxylic acids is 1. The van der Waals surface area contributed by atoms with Crippen LogP contribution in [0.4, 0.5) is 5.69 Å². The number of aliphatic hydroxyl groups excluding tert-OH is 1. The number of aryl methyl sites for hydroxylation is 1. The zero-order chi connectivity index (χ0) is 35.9. The van der Waals surface area contributed by atoms with Gasteiger partial charge in [-0.1, -0.05) is 24.3 Å². The number of para-hydroxylation sites is 1. The van der Waals surface area contributed by atoms with Crippen LogP contribution in [0.1, 0.15) is 36.1 Å². The van der Waals surface area contributed by atoms with E-state index in [-0.39, 0.29) is 30.5 Å². The lowest BCUT2D eigenvalue weighted by Crippen LogP contribution is -2.39. The number of benzene rings is 3. The van der Waals surface area contributed by atoms with Gasteiger partial charge in [0.1, 0.15) is 5.01 Å². The molecule has 0 fully saturated rings. The maximum atomic E-state index is 14.2. The van der Waals surface area contributed by atoms with Crippen LogP contribution in [-0.2, 0) is 30.8 Å². The molecular formula is C39H44N4O7S. The van der Waals surface area contributed by atoms with Crippen LogP contribution in [0.2, 0.25) is 0 Å². The minimum Gasteiger partial charge on any atom is -0.459 e. The second-order valence-electron chi connectivity index (χ2n) is 12.4. The molecule has 3 heterocycles. The zero-order valence-electron chi connectivity index (χ0n) is 29.3. The molecule has 0 saturated heterocycles. The number of hydrogen-bond acceptors (Lipinski definition) is 9. The summed E-state index contributed by atoms with van der Waals surface area (Å²) in [6.45, 7) is 7.44. The first-order valence-corrected chi connectivity index (χ1v) is 18.0. The number of allylic oxidation sites excluding steroid dienone is 1. The van der Waals surface area contributed by atoms with Gasteiger partial charge >= 0.3 is 0 Å². The number of thiazole rings is 1. The van der Waals surface area contributed by atoms with Gasteiger partial charge in [0.15, 0.2) is 5.76 Å². The highest BCUT2D eigenvalue weighted by atomic mass is 32.1. The Labute approximate surface area is 301 Å². The molecule has 51 heavy (non-hydrogen) atoms. The Balaban J connectivity index is 1.28. The maximum Gasteiger partial charge on any atom is 0.290 e. The van der Waals surface area contributed by atoms with Gasteiger partial charge in [-0.25, -0.2) is 9.67 Å². The van der Waals surface area contributed by atoms with Gasteiger partial charge in [-0.3, -0.25) is 14.3 Å². The molecule has 1 aliphatic rings. The van der Waals surface area contributed by atoms with Crippen molar-refractivity contribution in [1.82, 2.24) is 14.3 Å². The van der Waals surface area contributed by atoms with Crippen LogP contribution in [0.5, 0.6) is 0 Å². The third kappa shape index (κ3) is 8.16. The number of nitrogens with one attached hydrogen (secondary N) is 1. The number of amides is 1. The molecule has 2 aromatic heterocycles. The molecule has 3 atom stereocenters. The summed E-state index contributed by atoms with van der Waals surface area (Å²) in [6.07, 6.45) is 1.43. The molecule has 5 aromatic rings. The van der Waals surface area contributed by atoms with E-state index in [2.05, 4.69) is 24.4 Å². The van der Waals surface area contributed by atoms with Crippen molar-refractivity contribution >= 4 is 33.1 Å². The molecule has 3 aromatic carbocycles. The summed E-state index contributed by atoms with van der Waals surface area (Å²) in [7, 11) is 1.85. The van der Waals surface area contributed by atoms with E-state index in [1.54, 1.807) is 22.1 Å². The van der Waals surface area contributed by atoms with Gasteiger partial charge in [0.05, 0.1) is 42.3 Å². The van der Waals surface area contributed by atoms with Gasteiger partial charge in [0.25, 0.3) is 11.5 Å². The van der Waals surface area contributed by atoms with Crippen LogP contribution >= 0.6 is 11.3 Å². The first-order valence-electron chi connectivity index (χ1n) is 17.2. The van der Waals surface area contributed by atoms with E-state index < -0.39 is 18.1 Å². The fourth-order valence-corrected chi connectivity index (χ4v) is 7.46. The fourth-order valence-electron chi connectivity index (χ4n) is 6.39. The van der Waals surface area contributed by atoms with Crippen molar-refractivity contribution in [3.63, 3.8) is 0 Å². The molecule has 0 radical (unpaired) electrons. The molecule has 3 unspecified atom stereocenters. The normalized spacial score (nSPS) is 17.4. The number of anilines is 1. The van der Waals surface area contributed by atoms with Crippen LogP contribution in [0.3, 0.4) is 0 Å². The quantitative estimate of drug-likeness (QED) is 0.125. The van der Waals surface area contributed by atoms with Gasteiger partial charge < -0.3 is 29.4 Å². The summed E-state index contributed by atoms with van der Waals surface area (Å²) in [5.41, 5.74) is 5.58. The first-order chi connectivity index (χ1) is 24.8. The number of aliphatic hydroxyl groups is 1. The van der Waals surface area contributed by atoms with E-state index in [0.717, 1.165) is 32.2 Å². The van der Waals surface area contributed by atoms with Crippen LogP contribution in [-0.4, -0.2) is 71.3 Å². The summed E-state index contributed by atoms with van der Waals surface area (Å²) in [5.74, 6) is -1.22. The number of rotatable bonds is 15. The SMILES string of the molecule is CCOC1OC(C(=O)Nc2ccc(-c3nc4ccc(C)cc4s3)cc2)=CC(c2c(C)n(C)n(-c3ccccc3)c2=O)C1CCOCCOCCO. The second kappa shape index (κ2) is 16.6. The molecule has 12 heteroatoms. The van der Waals surface area contributed by atoms with Crippen molar-refractivity contribution < 1.29 is 28.8 Å². The lowest BCUT2D eigenvalue weighted by molar-refractivity contribution is -0.166. The molecule has 268 valence electrons. The minimum atomic E-state index is -0.811. The zero-order valence-corrected chi connectivity index (χ0v) is 30.2. The minimum absolute atomic E-state index is 0.0501. The van der Waals surface area contributed by atoms with Crippen LogP contribution in [0.15, 0.2) is 89.4 Å². The standard InChI is InChI=1S/C39H44N4O7S/c1-5-49-39-30(17-19-47-21-22-48-20-18-44)31(35-26(3)42(4)43(38(35)46)29-9-7-6-8-10-29)24-33(50-39)36(45)40-28-14-12-27(13-15-28)37-41-32-16-11-25(2)23-34(32)51-37/h6-16,23-24,30-31,39,44H,5,17-22H2,1-4H3,(H,40,45). The number of carbonyl (C=O) groups is 1. The van der Waals surface area contributed by atoms with Crippen molar-refractivity contribution in [2.45, 2.75) is 39.4 Å². The van der Waals surface area contributed by atoms with Crippen LogP contribution in [0.25, 0.3) is 26.5 Å². The Kier molecular flexibility index (Phi) is 11.8. The third-order valence-electron chi connectivity index (χ3n) is 9.01. The molecule has 0 spiro atoms. The Hall–Kier alpha value is -4.59. The van der Waals surface area contributed by atoms with Gasteiger partial charge in [-0.2, -0.15) is 0 Å². The molecule has 0 aliphatic carbocycles. The second-order valence-corrected chi connectivity index (χ2v) is 13.4. The van der Waals surface area contributed by atoms with Crippen molar-refractivity contribution in [1.29, 1.82) is 0 Å². The Morgan fingerprint density at radius 3 is 2.47 bits per heavy atom. The maximum absolute atomic E-state index is 14.2. The fraction of sp³-hybridized carbons (Fsp3) is 0.359. The van der Waals surface area contributed by atoms with E-state index in [1.807, 2.05) is 86.2 Å². The summed E-state index contributed by atoms with van der Waals surface area (Å²) >= 11 is 1.63.